The van der Waals surface area contributed by atoms with Crippen molar-refractivity contribution in [3.63, 3.8) is 0 Å². The summed E-state index contributed by atoms with van der Waals surface area (Å²) in [5.74, 6) is 0. The molecule has 0 bridgehead atoms. The highest BCUT2D eigenvalue weighted by Crippen LogP contribution is 2.46. The van der Waals surface area contributed by atoms with Crippen LogP contribution in [-0.4, -0.2) is 31.8 Å². The lowest BCUT2D eigenvalue weighted by atomic mass is 9.68. The number of ether oxygens (including phenoxy) is 2. The van der Waals surface area contributed by atoms with Crippen molar-refractivity contribution < 1.29 is 9.47 Å². The van der Waals surface area contributed by atoms with Crippen molar-refractivity contribution in [3.8, 4) is 0 Å². The second-order valence-electron chi connectivity index (χ2n) is 4.23. The van der Waals surface area contributed by atoms with E-state index in [1.54, 1.807) is 7.11 Å². The van der Waals surface area contributed by atoms with Gasteiger partial charge in [-0.25, -0.2) is 0 Å². The maximum atomic E-state index is 6.07. The fourth-order valence-corrected chi connectivity index (χ4v) is 1.85. The predicted molar refractivity (Wildman–Crippen MR) is 54.3 cm³/mol. The summed E-state index contributed by atoms with van der Waals surface area (Å²) in [5, 5.41) is 0.278. The minimum Gasteiger partial charge on any atom is -0.385 e. The van der Waals surface area contributed by atoms with Crippen LogP contribution < -0.4 is 0 Å². The summed E-state index contributed by atoms with van der Waals surface area (Å²) in [5.41, 5.74) is 0.147. The molecule has 0 spiro atoms. The van der Waals surface area contributed by atoms with Crippen LogP contribution in [0.4, 0.5) is 0 Å². The Balaban J connectivity index is 2.10. The van der Waals surface area contributed by atoms with Crippen LogP contribution in [0.5, 0.6) is 0 Å². The topological polar surface area (TPSA) is 18.5 Å². The molecule has 0 saturated heterocycles. The lowest BCUT2D eigenvalue weighted by Crippen LogP contribution is -2.51. The molecule has 3 heteroatoms. The van der Waals surface area contributed by atoms with Crippen LogP contribution in [0.1, 0.15) is 26.7 Å². The predicted octanol–water partition coefficient (Wildman–Crippen LogP) is 2.45. The Morgan fingerprint density at radius 3 is 2.54 bits per heavy atom. The monoisotopic (exact) mass is 206 g/mol. The third-order valence-corrected chi connectivity index (χ3v) is 3.61. The number of methoxy groups -OCH3 is 1. The van der Waals surface area contributed by atoms with Gasteiger partial charge in [-0.2, -0.15) is 0 Å². The molecule has 0 radical (unpaired) electrons. The Kier molecular flexibility index (Phi) is 4.02. The molecule has 2 unspecified atom stereocenters. The van der Waals surface area contributed by atoms with Gasteiger partial charge in [0.1, 0.15) is 0 Å². The molecule has 0 aliphatic heterocycles. The van der Waals surface area contributed by atoms with Gasteiger partial charge in [0.2, 0.25) is 0 Å². The molecule has 0 aromatic carbocycles. The molecule has 0 N–H and O–H groups in total. The Bertz CT molecular complexity index is 159. The van der Waals surface area contributed by atoms with Crippen molar-refractivity contribution in [1.82, 2.24) is 0 Å². The van der Waals surface area contributed by atoms with Gasteiger partial charge in [-0.1, -0.05) is 13.8 Å². The van der Waals surface area contributed by atoms with Crippen molar-refractivity contribution in [1.29, 1.82) is 0 Å². The van der Waals surface area contributed by atoms with Gasteiger partial charge >= 0.3 is 0 Å². The molecule has 78 valence electrons. The second kappa shape index (κ2) is 4.63. The van der Waals surface area contributed by atoms with Gasteiger partial charge in [0.25, 0.3) is 0 Å². The van der Waals surface area contributed by atoms with Gasteiger partial charge in [0.05, 0.1) is 6.10 Å². The quantitative estimate of drug-likeness (QED) is 0.508. The molecule has 0 amide bonds. The molecular weight excluding hydrogens is 188 g/mol. The van der Waals surface area contributed by atoms with Crippen molar-refractivity contribution in [2.24, 2.45) is 5.41 Å². The maximum absolute atomic E-state index is 6.07. The van der Waals surface area contributed by atoms with Crippen LogP contribution >= 0.6 is 11.6 Å². The molecule has 1 aliphatic carbocycles. The first-order valence-electron chi connectivity index (χ1n) is 4.83. The molecule has 2 atom stereocenters. The molecular formula is C10H19ClO2. The van der Waals surface area contributed by atoms with Gasteiger partial charge < -0.3 is 9.47 Å². The summed E-state index contributed by atoms with van der Waals surface area (Å²) in [7, 11) is 1.71. The van der Waals surface area contributed by atoms with Gasteiger partial charge in [-0.3, -0.25) is 0 Å². The Hall–Kier alpha value is 0.210. The number of hydrogen-bond donors (Lipinski definition) is 0. The molecule has 1 aliphatic rings. The highest BCUT2D eigenvalue weighted by Gasteiger charge is 2.47. The fourth-order valence-electron chi connectivity index (χ4n) is 1.55. The van der Waals surface area contributed by atoms with Gasteiger partial charge in [0.15, 0.2) is 0 Å². The first-order chi connectivity index (χ1) is 6.09. The van der Waals surface area contributed by atoms with E-state index in [-0.39, 0.29) is 10.8 Å². The standard InChI is InChI=1S/C10H19ClO2/c1-10(2)8(11)7-9(10)13-6-4-5-12-3/h8-9H,4-7H2,1-3H3. The van der Waals surface area contributed by atoms with Gasteiger partial charge in [-0.05, 0) is 12.8 Å². The van der Waals surface area contributed by atoms with E-state index in [1.165, 1.54) is 0 Å². The third-order valence-electron chi connectivity index (χ3n) is 2.87. The van der Waals surface area contributed by atoms with E-state index in [9.17, 15) is 0 Å². The Labute approximate surface area is 85.5 Å². The fraction of sp³-hybridized carbons (Fsp3) is 1.00. The van der Waals surface area contributed by atoms with Crippen molar-refractivity contribution in [2.75, 3.05) is 20.3 Å². The lowest BCUT2D eigenvalue weighted by molar-refractivity contribution is -0.0915. The van der Waals surface area contributed by atoms with Crippen LogP contribution in [0.3, 0.4) is 0 Å². The number of alkyl halides is 1. The van der Waals surface area contributed by atoms with Crippen LogP contribution in [-0.2, 0) is 9.47 Å². The second-order valence-corrected chi connectivity index (χ2v) is 4.76. The van der Waals surface area contributed by atoms with E-state index in [4.69, 9.17) is 21.1 Å². The van der Waals surface area contributed by atoms with E-state index >= 15 is 0 Å². The largest absolute Gasteiger partial charge is 0.385 e. The third kappa shape index (κ3) is 2.58. The van der Waals surface area contributed by atoms with Crippen molar-refractivity contribution in [2.45, 2.75) is 38.2 Å². The summed E-state index contributed by atoms with van der Waals surface area (Å²) < 4.78 is 10.6. The number of hydrogen-bond acceptors (Lipinski definition) is 2. The van der Waals surface area contributed by atoms with Crippen molar-refractivity contribution >= 4 is 11.6 Å². The van der Waals surface area contributed by atoms with Crippen LogP contribution in [0.15, 0.2) is 0 Å². The lowest BCUT2D eigenvalue weighted by Gasteiger charge is -2.48. The van der Waals surface area contributed by atoms with E-state index in [1.807, 2.05) is 0 Å². The average molecular weight is 207 g/mol. The average Bonchev–Trinajstić information content (AvgIpc) is 2.10. The molecule has 2 nitrogen and oxygen atoms in total. The summed E-state index contributed by atoms with van der Waals surface area (Å²) in [6.07, 6.45) is 2.30. The molecule has 0 aromatic rings. The SMILES string of the molecule is COCCCOC1CC(Cl)C1(C)C. The maximum Gasteiger partial charge on any atom is 0.0654 e. The highest BCUT2D eigenvalue weighted by atomic mass is 35.5. The Morgan fingerprint density at radius 1 is 1.38 bits per heavy atom. The summed E-state index contributed by atoms with van der Waals surface area (Å²) in [6, 6.07) is 0. The van der Waals surface area contributed by atoms with Crippen LogP contribution in [0, 0.1) is 5.41 Å². The summed E-state index contributed by atoms with van der Waals surface area (Å²) in [6.45, 7) is 5.88. The van der Waals surface area contributed by atoms with Gasteiger partial charge in [0, 0.05) is 31.1 Å². The number of rotatable bonds is 5. The zero-order valence-corrected chi connectivity index (χ0v) is 9.43. The molecule has 1 fully saturated rings. The summed E-state index contributed by atoms with van der Waals surface area (Å²) in [4.78, 5) is 0. The van der Waals surface area contributed by atoms with Crippen LogP contribution in [0.2, 0.25) is 0 Å². The van der Waals surface area contributed by atoms with Gasteiger partial charge in [-0.15, -0.1) is 11.6 Å². The molecule has 1 saturated carbocycles. The number of halogens is 1. The van der Waals surface area contributed by atoms with E-state index in [0.29, 0.717) is 6.10 Å². The molecule has 0 heterocycles. The summed E-state index contributed by atoms with van der Waals surface area (Å²) >= 11 is 6.07. The van der Waals surface area contributed by atoms with Crippen molar-refractivity contribution in [3.05, 3.63) is 0 Å². The first kappa shape index (κ1) is 11.3. The zero-order chi connectivity index (χ0) is 9.90. The molecule has 1 rings (SSSR count). The molecule has 13 heavy (non-hydrogen) atoms. The van der Waals surface area contributed by atoms with Crippen LogP contribution in [0.25, 0.3) is 0 Å². The smallest absolute Gasteiger partial charge is 0.0654 e. The zero-order valence-electron chi connectivity index (χ0n) is 8.68. The highest BCUT2D eigenvalue weighted by molar-refractivity contribution is 6.21. The van der Waals surface area contributed by atoms with E-state index < -0.39 is 0 Å². The van der Waals surface area contributed by atoms with E-state index in [2.05, 4.69) is 13.8 Å². The minimum atomic E-state index is 0.147. The van der Waals surface area contributed by atoms with E-state index in [0.717, 1.165) is 26.1 Å². The first-order valence-corrected chi connectivity index (χ1v) is 5.27. The minimum absolute atomic E-state index is 0.147. The Morgan fingerprint density at radius 2 is 2.08 bits per heavy atom. The normalized spacial score (nSPS) is 31.4. The molecule has 0 aromatic heterocycles.